The Morgan fingerprint density at radius 2 is 2.25 bits per heavy atom. The molecule has 0 atom stereocenters. The van der Waals surface area contributed by atoms with Crippen molar-refractivity contribution in [2.45, 2.75) is 0 Å². The molecular weight excluding hydrogens is 337 g/mol. The van der Waals surface area contributed by atoms with Gasteiger partial charge in [-0.05, 0) is 40.8 Å². The minimum atomic E-state index is -1.05. The molecule has 0 bridgehead atoms. The third-order valence-electron chi connectivity index (χ3n) is 1.17. The lowest BCUT2D eigenvalue weighted by atomic mass is 10.3. The molecule has 0 aliphatic heterocycles. The lowest BCUT2D eigenvalue weighted by Gasteiger charge is -2.03. The van der Waals surface area contributed by atoms with Gasteiger partial charge in [-0.2, -0.15) is 0 Å². The summed E-state index contributed by atoms with van der Waals surface area (Å²) in [5, 5.41) is 10.7. The Balaban J connectivity index is 2.93. The van der Waals surface area contributed by atoms with Crippen LogP contribution >= 0.6 is 38.5 Å². The molecule has 0 radical (unpaired) electrons. The third kappa shape index (κ3) is 2.63. The fraction of sp³-hybridized carbons (Fsp3) is 0. The van der Waals surface area contributed by atoms with E-state index in [0.29, 0.717) is 5.69 Å². The van der Waals surface area contributed by atoms with Gasteiger partial charge in [0.05, 0.1) is 5.69 Å². The molecule has 0 unspecified atom stereocenters. The van der Waals surface area contributed by atoms with Crippen molar-refractivity contribution in [1.82, 2.24) is 0 Å². The van der Waals surface area contributed by atoms with Crippen molar-refractivity contribution in [3.63, 3.8) is 0 Å². The first-order chi connectivity index (χ1) is 5.59. The summed E-state index contributed by atoms with van der Waals surface area (Å²) >= 11 is 5.35. The van der Waals surface area contributed by atoms with Crippen LogP contribution < -0.4 is 5.32 Å². The summed E-state index contributed by atoms with van der Waals surface area (Å²) in [6, 6.07) is 5.33. The minimum Gasteiger partial charge on any atom is -0.465 e. The van der Waals surface area contributed by atoms with E-state index in [9.17, 15) is 4.79 Å². The van der Waals surface area contributed by atoms with E-state index in [4.69, 9.17) is 5.11 Å². The topological polar surface area (TPSA) is 49.3 Å². The fourth-order valence-electron chi connectivity index (χ4n) is 0.706. The van der Waals surface area contributed by atoms with Gasteiger partial charge in [0, 0.05) is 8.04 Å². The number of hydrogen-bond acceptors (Lipinski definition) is 1. The van der Waals surface area contributed by atoms with Gasteiger partial charge in [0.1, 0.15) is 0 Å². The summed E-state index contributed by atoms with van der Waals surface area (Å²) in [4.78, 5) is 10.3. The molecule has 0 saturated carbocycles. The maximum Gasteiger partial charge on any atom is 0.409 e. The summed E-state index contributed by atoms with van der Waals surface area (Å²) in [5.74, 6) is 0. The standard InChI is InChI=1S/C7H5BrINO2/c8-4-1-2-6(5(9)3-4)10-7(11)12/h1-3,10H,(H,11,12). The van der Waals surface area contributed by atoms with Crippen LogP contribution in [0.4, 0.5) is 10.5 Å². The maximum atomic E-state index is 10.3. The van der Waals surface area contributed by atoms with Crippen molar-refractivity contribution in [2.24, 2.45) is 0 Å². The zero-order chi connectivity index (χ0) is 9.14. The van der Waals surface area contributed by atoms with Gasteiger partial charge in [-0.15, -0.1) is 0 Å². The maximum absolute atomic E-state index is 10.3. The molecule has 1 rings (SSSR count). The van der Waals surface area contributed by atoms with Crippen LogP contribution in [0.2, 0.25) is 0 Å². The number of nitrogens with one attached hydrogen (secondary N) is 1. The van der Waals surface area contributed by atoms with Gasteiger partial charge in [0.25, 0.3) is 0 Å². The number of rotatable bonds is 1. The Bertz CT molecular complexity index is 316. The zero-order valence-corrected chi connectivity index (χ0v) is 9.59. The normalized spacial score (nSPS) is 9.50. The van der Waals surface area contributed by atoms with Gasteiger partial charge < -0.3 is 5.11 Å². The van der Waals surface area contributed by atoms with Gasteiger partial charge >= 0.3 is 6.09 Å². The number of carboxylic acid groups (broad SMARTS) is 1. The summed E-state index contributed by atoms with van der Waals surface area (Å²) in [7, 11) is 0. The van der Waals surface area contributed by atoms with Crippen LogP contribution in [-0.2, 0) is 0 Å². The summed E-state index contributed by atoms with van der Waals surface area (Å²) in [5.41, 5.74) is 0.603. The number of anilines is 1. The molecule has 5 heteroatoms. The Labute approximate surface area is 91.4 Å². The van der Waals surface area contributed by atoms with Gasteiger partial charge in [-0.1, -0.05) is 15.9 Å². The summed E-state index contributed by atoms with van der Waals surface area (Å²) < 4.78 is 1.80. The van der Waals surface area contributed by atoms with E-state index in [1.165, 1.54) is 0 Å². The number of halogens is 2. The molecule has 12 heavy (non-hydrogen) atoms. The molecule has 1 aromatic carbocycles. The number of amides is 1. The number of benzene rings is 1. The molecular formula is C7H5BrINO2. The van der Waals surface area contributed by atoms with Crippen LogP contribution in [0.25, 0.3) is 0 Å². The van der Waals surface area contributed by atoms with Gasteiger partial charge in [0.2, 0.25) is 0 Å². The molecule has 0 spiro atoms. The highest BCUT2D eigenvalue weighted by Crippen LogP contribution is 2.22. The first kappa shape index (κ1) is 9.79. The van der Waals surface area contributed by atoms with Crippen LogP contribution in [0.1, 0.15) is 0 Å². The SMILES string of the molecule is O=C(O)Nc1ccc(Br)cc1I. The number of hydrogen-bond donors (Lipinski definition) is 2. The van der Waals surface area contributed by atoms with Gasteiger partial charge in [0.15, 0.2) is 0 Å². The molecule has 0 saturated heterocycles. The molecule has 64 valence electrons. The lowest BCUT2D eigenvalue weighted by Crippen LogP contribution is -2.08. The first-order valence-corrected chi connectivity index (χ1v) is 4.92. The fourth-order valence-corrected chi connectivity index (χ4v) is 2.15. The Morgan fingerprint density at radius 3 is 2.75 bits per heavy atom. The predicted molar refractivity (Wildman–Crippen MR) is 58.5 cm³/mol. The van der Waals surface area contributed by atoms with Crippen LogP contribution in [0.5, 0.6) is 0 Å². The molecule has 1 amide bonds. The molecule has 0 aromatic heterocycles. The molecule has 1 aromatic rings. The van der Waals surface area contributed by atoms with E-state index in [1.54, 1.807) is 12.1 Å². The second-order valence-electron chi connectivity index (χ2n) is 2.05. The molecule has 2 N–H and O–H groups in total. The first-order valence-electron chi connectivity index (χ1n) is 3.04. The monoisotopic (exact) mass is 341 g/mol. The summed E-state index contributed by atoms with van der Waals surface area (Å²) in [6.45, 7) is 0. The highest BCUT2D eigenvalue weighted by Gasteiger charge is 2.02. The van der Waals surface area contributed by atoms with Crippen LogP contribution in [0.3, 0.4) is 0 Å². The van der Waals surface area contributed by atoms with Crippen molar-refractivity contribution in [3.05, 3.63) is 26.2 Å². The average Bonchev–Trinajstić information content (AvgIpc) is 1.94. The van der Waals surface area contributed by atoms with E-state index >= 15 is 0 Å². The molecule has 0 heterocycles. The lowest BCUT2D eigenvalue weighted by molar-refractivity contribution is 0.209. The van der Waals surface area contributed by atoms with E-state index in [-0.39, 0.29) is 0 Å². The molecule has 0 aliphatic rings. The zero-order valence-electron chi connectivity index (χ0n) is 5.84. The predicted octanol–water partition coefficient (Wildman–Crippen LogP) is 3.14. The third-order valence-corrected chi connectivity index (χ3v) is 2.56. The molecule has 3 nitrogen and oxygen atoms in total. The molecule has 0 aliphatic carbocycles. The summed E-state index contributed by atoms with van der Waals surface area (Å²) in [6.07, 6.45) is -1.05. The second kappa shape index (κ2) is 4.08. The van der Waals surface area contributed by atoms with Crippen LogP contribution in [0.15, 0.2) is 22.7 Å². The molecule has 0 fully saturated rings. The quantitative estimate of drug-likeness (QED) is 0.771. The van der Waals surface area contributed by atoms with E-state index in [1.807, 2.05) is 6.07 Å². The van der Waals surface area contributed by atoms with E-state index < -0.39 is 6.09 Å². The largest absolute Gasteiger partial charge is 0.465 e. The van der Waals surface area contributed by atoms with Crippen LogP contribution in [-0.4, -0.2) is 11.2 Å². The van der Waals surface area contributed by atoms with Crippen molar-refractivity contribution in [2.75, 3.05) is 5.32 Å². The van der Waals surface area contributed by atoms with Crippen molar-refractivity contribution < 1.29 is 9.90 Å². The van der Waals surface area contributed by atoms with Crippen molar-refractivity contribution in [3.8, 4) is 0 Å². The smallest absolute Gasteiger partial charge is 0.409 e. The van der Waals surface area contributed by atoms with Crippen LogP contribution in [0, 0.1) is 3.57 Å². The van der Waals surface area contributed by atoms with Crippen molar-refractivity contribution >= 4 is 50.3 Å². The Hall–Kier alpha value is -0.300. The highest BCUT2D eigenvalue weighted by molar-refractivity contribution is 14.1. The Morgan fingerprint density at radius 1 is 1.58 bits per heavy atom. The van der Waals surface area contributed by atoms with Gasteiger partial charge in [-0.3, -0.25) is 5.32 Å². The minimum absolute atomic E-state index is 0.603. The number of carbonyl (C=O) groups is 1. The van der Waals surface area contributed by atoms with E-state index in [0.717, 1.165) is 8.04 Å². The highest BCUT2D eigenvalue weighted by atomic mass is 127. The second-order valence-corrected chi connectivity index (χ2v) is 4.13. The van der Waals surface area contributed by atoms with Crippen molar-refractivity contribution in [1.29, 1.82) is 0 Å². The average molecular weight is 342 g/mol. The van der Waals surface area contributed by atoms with E-state index in [2.05, 4.69) is 43.8 Å². The Kier molecular flexibility index (Phi) is 3.33. The van der Waals surface area contributed by atoms with Gasteiger partial charge in [-0.25, -0.2) is 4.79 Å².